The highest BCUT2D eigenvalue weighted by Crippen LogP contribution is 2.47. The minimum absolute atomic E-state index is 0.211. The Morgan fingerprint density at radius 2 is 2.31 bits per heavy atom. The summed E-state index contributed by atoms with van der Waals surface area (Å²) in [7, 11) is 0. The van der Waals surface area contributed by atoms with Gasteiger partial charge in [0, 0.05) is 6.61 Å². The normalized spacial score (nSPS) is 26.1. The van der Waals surface area contributed by atoms with Crippen molar-refractivity contribution < 1.29 is 9.50 Å². The largest absolute Gasteiger partial charge is 0.396 e. The van der Waals surface area contributed by atoms with Crippen molar-refractivity contribution in [2.75, 3.05) is 6.61 Å². The first-order valence-electron chi connectivity index (χ1n) is 4.28. The van der Waals surface area contributed by atoms with Crippen LogP contribution in [0.2, 0.25) is 0 Å². The molecule has 0 saturated heterocycles. The highest BCUT2D eigenvalue weighted by atomic mass is 79.9. The SMILES string of the molecule is OCC1CC1c1ccc(Br)c(F)c1. The molecule has 0 amide bonds. The summed E-state index contributed by atoms with van der Waals surface area (Å²) in [5.74, 6) is 0.495. The average molecular weight is 245 g/mol. The number of hydrogen-bond acceptors (Lipinski definition) is 1. The van der Waals surface area contributed by atoms with Crippen LogP contribution >= 0.6 is 15.9 Å². The van der Waals surface area contributed by atoms with E-state index >= 15 is 0 Å². The number of rotatable bonds is 2. The first-order chi connectivity index (χ1) is 6.22. The van der Waals surface area contributed by atoms with Gasteiger partial charge in [-0.05, 0) is 51.9 Å². The molecule has 1 aromatic rings. The van der Waals surface area contributed by atoms with Crippen molar-refractivity contribution >= 4 is 15.9 Å². The topological polar surface area (TPSA) is 20.2 Å². The second-order valence-corrected chi connectivity index (χ2v) is 4.31. The van der Waals surface area contributed by atoms with Crippen molar-refractivity contribution in [3.63, 3.8) is 0 Å². The van der Waals surface area contributed by atoms with Crippen LogP contribution in [0.3, 0.4) is 0 Å². The summed E-state index contributed by atoms with van der Waals surface area (Å²) >= 11 is 3.11. The van der Waals surface area contributed by atoms with Gasteiger partial charge in [-0.2, -0.15) is 0 Å². The molecule has 13 heavy (non-hydrogen) atoms. The van der Waals surface area contributed by atoms with Crippen LogP contribution in [0.25, 0.3) is 0 Å². The Morgan fingerprint density at radius 3 is 2.85 bits per heavy atom. The minimum atomic E-state index is -0.221. The van der Waals surface area contributed by atoms with Gasteiger partial charge in [0.05, 0.1) is 4.47 Å². The van der Waals surface area contributed by atoms with Crippen LogP contribution in [-0.4, -0.2) is 11.7 Å². The maximum Gasteiger partial charge on any atom is 0.137 e. The Kier molecular flexibility index (Phi) is 2.39. The molecule has 2 unspecified atom stereocenters. The van der Waals surface area contributed by atoms with Gasteiger partial charge in [0.25, 0.3) is 0 Å². The Hall–Kier alpha value is -0.410. The zero-order valence-electron chi connectivity index (χ0n) is 7.00. The van der Waals surface area contributed by atoms with Crippen molar-refractivity contribution in [1.82, 2.24) is 0 Å². The van der Waals surface area contributed by atoms with E-state index in [1.807, 2.05) is 6.07 Å². The van der Waals surface area contributed by atoms with Crippen LogP contribution in [0.15, 0.2) is 22.7 Å². The highest BCUT2D eigenvalue weighted by Gasteiger charge is 2.37. The molecule has 3 heteroatoms. The van der Waals surface area contributed by atoms with Gasteiger partial charge in [0.1, 0.15) is 5.82 Å². The fourth-order valence-electron chi connectivity index (χ4n) is 1.60. The lowest BCUT2D eigenvalue weighted by molar-refractivity contribution is 0.274. The third-order valence-corrected chi connectivity index (χ3v) is 3.17. The number of aliphatic hydroxyl groups excluding tert-OH is 1. The van der Waals surface area contributed by atoms with Crippen LogP contribution in [0.4, 0.5) is 4.39 Å². The van der Waals surface area contributed by atoms with E-state index in [0.29, 0.717) is 16.3 Å². The van der Waals surface area contributed by atoms with E-state index in [1.165, 1.54) is 0 Å². The van der Waals surface area contributed by atoms with Crippen molar-refractivity contribution in [2.45, 2.75) is 12.3 Å². The quantitative estimate of drug-likeness (QED) is 0.849. The molecule has 0 bridgehead atoms. The van der Waals surface area contributed by atoms with Crippen LogP contribution < -0.4 is 0 Å². The Balaban J connectivity index is 2.19. The molecular weight excluding hydrogens is 235 g/mol. The van der Waals surface area contributed by atoms with E-state index in [-0.39, 0.29) is 12.4 Å². The molecule has 1 saturated carbocycles. The maximum atomic E-state index is 13.1. The predicted molar refractivity (Wildman–Crippen MR) is 52.0 cm³/mol. The van der Waals surface area contributed by atoms with Gasteiger partial charge in [0.15, 0.2) is 0 Å². The van der Waals surface area contributed by atoms with Crippen LogP contribution in [0.5, 0.6) is 0 Å². The molecule has 70 valence electrons. The predicted octanol–water partition coefficient (Wildman–Crippen LogP) is 2.68. The molecule has 1 N–H and O–H groups in total. The fraction of sp³-hybridized carbons (Fsp3) is 0.400. The first-order valence-corrected chi connectivity index (χ1v) is 5.07. The van der Waals surface area contributed by atoms with Gasteiger partial charge >= 0.3 is 0 Å². The monoisotopic (exact) mass is 244 g/mol. The van der Waals surface area contributed by atoms with Gasteiger partial charge in [-0.15, -0.1) is 0 Å². The van der Waals surface area contributed by atoms with Crippen molar-refractivity contribution in [1.29, 1.82) is 0 Å². The summed E-state index contributed by atoms with van der Waals surface area (Å²) in [6.07, 6.45) is 0.984. The molecule has 1 aliphatic rings. The van der Waals surface area contributed by atoms with E-state index in [9.17, 15) is 4.39 Å². The van der Waals surface area contributed by atoms with Crippen LogP contribution in [-0.2, 0) is 0 Å². The third kappa shape index (κ3) is 1.76. The summed E-state index contributed by atoms with van der Waals surface area (Å²) < 4.78 is 13.6. The standard InChI is InChI=1S/C10H10BrFO/c11-9-2-1-6(4-10(9)12)8-3-7(8)5-13/h1-2,4,7-8,13H,3,5H2. The third-order valence-electron chi connectivity index (χ3n) is 2.53. The Morgan fingerprint density at radius 1 is 1.54 bits per heavy atom. The molecule has 1 aromatic carbocycles. The molecule has 2 atom stereocenters. The van der Waals surface area contributed by atoms with Gasteiger partial charge in [-0.3, -0.25) is 0 Å². The minimum Gasteiger partial charge on any atom is -0.396 e. The summed E-state index contributed by atoms with van der Waals surface area (Å²) in [4.78, 5) is 0. The van der Waals surface area contributed by atoms with Gasteiger partial charge in [-0.1, -0.05) is 6.07 Å². The van der Waals surface area contributed by atoms with E-state index in [4.69, 9.17) is 5.11 Å². The molecule has 0 aromatic heterocycles. The lowest BCUT2D eigenvalue weighted by Crippen LogP contribution is -1.89. The van der Waals surface area contributed by atoms with E-state index in [0.717, 1.165) is 12.0 Å². The number of aliphatic hydroxyl groups is 1. The second-order valence-electron chi connectivity index (χ2n) is 3.46. The second kappa shape index (κ2) is 3.39. The molecule has 2 rings (SSSR count). The zero-order valence-corrected chi connectivity index (χ0v) is 8.59. The van der Waals surface area contributed by atoms with E-state index < -0.39 is 0 Å². The molecule has 0 radical (unpaired) electrons. The van der Waals surface area contributed by atoms with Gasteiger partial charge in [-0.25, -0.2) is 4.39 Å². The lowest BCUT2D eigenvalue weighted by Gasteiger charge is -2.00. The van der Waals surface area contributed by atoms with Gasteiger partial charge in [0.2, 0.25) is 0 Å². The first kappa shape index (κ1) is 9.16. The fourth-order valence-corrected chi connectivity index (χ4v) is 1.85. The molecule has 0 aliphatic heterocycles. The molecule has 1 aliphatic carbocycles. The van der Waals surface area contributed by atoms with Crippen LogP contribution in [0, 0.1) is 11.7 Å². The molecule has 0 heterocycles. The zero-order chi connectivity index (χ0) is 9.42. The van der Waals surface area contributed by atoms with E-state index in [1.54, 1.807) is 12.1 Å². The smallest absolute Gasteiger partial charge is 0.137 e. The Labute approximate surface area is 84.7 Å². The number of halogens is 2. The molecule has 0 spiro atoms. The Bertz CT molecular complexity index is 327. The molecule has 1 fully saturated rings. The summed E-state index contributed by atoms with van der Waals surface area (Å²) in [5.41, 5.74) is 1.000. The summed E-state index contributed by atoms with van der Waals surface area (Å²) in [6, 6.07) is 5.18. The number of hydrogen-bond donors (Lipinski definition) is 1. The summed E-state index contributed by atoms with van der Waals surface area (Å²) in [5, 5.41) is 8.86. The lowest BCUT2D eigenvalue weighted by atomic mass is 10.1. The van der Waals surface area contributed by atoms with Crippen molar-refractivity contribution in [3.05, 3.63) is 34.1 Å². The average Bonchev–Trinajstić information content (AvgIpc) is 2.88. The van der Waals surface area contributed by atoms with Crippen molar-refractivity contribution in [3.8, 4) is 0 Å². The van der Waals surface area contributed by atoms with Crippen LogP contribution in [0.1, 0.15) is 17.9 Å². The molecular formula is C10H10BrFO. The van der Waals surface area contributed by atoms with E-state index in [2.05, 4.69) is 15.9 Å². The number of benzene rings is 1. The van der Waals surface area contributed by atoms with Gasteiger partial charge < -0.3 is 5.11 Å². The van der Waals surface area contributed by atoms with Crippen molar-refractivity contribution in [2.24, 2.45) is 5.92 Å². The highest BCUT2D eigenvalue weighted by molar-refractivity contribution is 9.10. The molecule has 1 nitrogen and oxygen atoms in total. The summed E-state index contributed by atoms with van der Waals surface area (Å²) in [6.45, 7) is 0.211. The maximum absolute atomic E-state index is 13.1.